The summed E-state index contributed by atoms with van der Waals surface area (Å²) < 4.78 is 5.26. The number of amides is 1. The van der Waals surface area contributed by atoms with E-state index in [-0.39, 0.29) is 18.0 Å². The lowest BCUT2D eigenvalue weighted by Gasteiger charge is -2.29. The third-order valence-electron chi connectivity index (χ3n) is 3.45. The van der Waals surface area contributed by atoms with Crippen molar-refractivity contribution >= 4 is 5.91 Å². The molecule has 0 radical (unpaired) electrons. The maximum Gasteiger partial charge on any atom is 0.255 e. The molecule has 4 heteroatoms. The summed E-state index contributed by atoms with van der Waals surface area (Å²) in [5.74, 6) is 0.685. The monoisotopic (exact) mass is 236 g/mol. The van der Waals surface area contributed by atoms with Crippen LogP contribution in [0.1, 0.15) is 48.7 Å². The molecular weight excluding hydrogens is 216 g/mol. The molecule has 1 aliphatic rings. The smallest absolute Gasteiger partial charge is 0.255 e. The lowest BCUT2D eigenvalue weighted by atomic mass is 9.91. The SMILES string of the molecule is CCc1occc1C(=O)N[C@@H]1CCCC[C@H]1N. The van der Waals surface area contributed by atoms with Crippen LogP contribution in [0.3, 0.4) is 0 Å². The van der Waals surface area contributed by atoms with E-state index in [4.69, 9.17) is 10.2 Å². The van der Waals surface area contributed by atoms with E-state index >= 15 is 0 Å². The molecule has 0 spiro atoms. The number of nitrogens with two attached hydrogens (primary N) is 1. The molecule has 1 fully saturated rings. The Kier molecular flexibility index (Phi) is 3.84. The van der Waals surface area contributed by atoms with E-state index in [9.17, 15) is 4.79 Å². The summed E-state index contributed by atoms with van der Waals surface area (Å²) in [7, 11) is 0. The van der Waals surface area contributed by atoms with Gasteiger partial charge in [-0.25, -0.2) is 0 Å². The Bertz CT molecular complexity index is 387. The average Bonchev–Trinajstić information content (AvgIpc) is 2.80. The van der Waals surface area contributed by atoms with E-state index in [1.807, 2.05) is 6.92 Å². The number of hydrogen-bond acceptors (Lipinski definition) is 3. The van der Waals surface area contributed by atoms with Gasteiger partial charge in [-0.1, -0.05) is 19.8 Å². The Morgan fingerprint density at radius 3 is 3.00 bits per heavy atom. The zero-order valence-electron chi connectivity index (χ0n) is 10.2. The predicted molar refractivity (Wildman–Crippen MR) is 65.8 cm³/mol. The van der Waals surface area contributed by atoms with Crippen molar-refractivity contribution in [2.45, 2.75) is 51.1 Å². The van der Waals surface area contributed by atoms with Crippen LogP contribution < -0.4 is 11.1 Å². The van der Waals surface area contributed by atoms with Gasteiger partial charge in [-0.15, -0.1) is 0 Å². The minimum absolute atomic E-state index is 0.0575. The Morgan fingerprint density at radius 1 is 1.53 bits per heavy atom. The lowest BCUT2D eigenvalue weighted by Crippen LogP contribution is -2.49. The van der Waals surface area contributed by atoms with Crippen LogP contribution in [-0.4, -0.2) is 18.0 Å². The molecular formula is C13H20N2O2. The maximum absolute atomic E-state index is 12.1. The number of hydrogen-bond donors (Lipinski definition) is 2. The molecule has 1 aromatic rings. The number of aryl methyl sites for hydroxylation is 1. The normalized spacial score (nSPS) is 24.6. The van der Waals surface area contributed by atoms with Crippen molar-refractivity contribution in [3.63, 3.8) is 0 Å². The highest BCUT2D eigenvalue weighted by Gasteiger charge is 2.24. The van der Waals surface area contributed by atoms with Crippen molar-refractivity contribution in [1.29, 1.82) is 0 Å². The van der Waals surface area contributed by atoms with Gasteiger partial charge in [-0.05, 0) is 18.9 Å². The van der Waals surface area contributed by atoms with Gasteiger partial charge in [-0.2, -0.15) is 0 Å². The van der Waals surface area contributed by atoms with E-state index < -0.39 is 0 Å². The first-order valence-electron chi connectivity index (χ1n) is 6.35. The van der Waals surface area contributed by atoms with Gasteiger partial charge in [0.1, 0.15) is 5.76 Å². The molecule has 1 heterocycles. The molecule has 4 nitrogen and oxygen atoms in total. The number of rotatable bonds is 3. The van der Waals surface area contributed by atoms with E-state index in [0.29, 0.717) is 5.56 Å². The molecule has 1 saturated carbocycles. The molecule has 3 N–H and O–H groups in total. The molecule has 2 rings (SSSR count). The van der Waals surface area contributed by atoms with Crippen molar-refractivity contribution in [2.24, 2.45) is 5.73 Å². The first-order valence-corrected chi connectivity index (χ1v) is 6.35. The number of carbonyl (C=O) groups is 1. The average molecular weight is 236 g/mol. The maximum atomic E-state index is 12.1. The fraction of sp³-hybridized carbons (Fsp3) is 0.615. The van der Waals surface area contributed by atoms with Gasteiger partial charge in [0, 0.05) is 18.5 Å². The Morgan fingerprint density at radius 2 is 2.29 bits per heavy atom. The Labute approximate surface area is 102 Å². The second kappa shape index (κ2) is 5.36. The van der Waals surface area contributed by atoms with Crippen LogP contribution in [0.4, 0.5) is 0 Å². The molecule has 17 heavy (non-hydrogen) atoms. The van der Waals surface area contributed by atoms with Crippen LogP contribution >= 0.6 is 0 Å². The number of carbonyl (C=O) groups excluding carboxylic acids is 1. The van der Waals surface area contributed by atoms with E-state index in [0.717, 1.165) is 31.4 Å². The minimum Gasteiger partial charge on any atom is -0.469 e. The summed E-state index contributed by atoms with van der Waals surface area (Å²) in [5.41, 5.74) is 6.66. The van der Waals surface area contributed by atoms with E-state index in [1.54, 1.807) is 12.3 Å². The quantitative estimate of drug-likeness (QED) is 0.841. The summed E-state index contributed by atoms with van der Waals surface area (Å²) in [6.07, 6.45) is 6.58. The summed E-state index contributed by atoms with van der Waals surface area (Å²) in [5, 5.41) is 3.02. The predicted octanol–water partition coefficient (Wildman–Crippen LogP) is 1.84. The van der Waals surface area contributed by atoms with Gasteiger partial charge in [0.05, 0.1) is 11.8 Å². The topological polar surface area (TPSA) is 68.3 Å². The zero-order chi connectivity index (χ0) is 12.3. The van der Waals surface area contributed by atoms with Gasteiger partial charge in [0.25, 0.3) is 5.91 Å². The van der Waals surface area contributed by atoms with Gasteiger partial charge in [-0.3, -0.25) is 4.79 Å². The van der Waals surface area contributed by atoms with Crippen LogP contribution in [-0.2, 0) is 6.42 Å². The van der Waals surface area contributed by atoms with Gasteiger partial charge in [0.15, 0.2) is 0 Å². The minimum atomic E-state index is -0.0575. The standard InChI is InChI=1S/C13H20N2O2/c1-2-12-9(7-8-17-12)13(16)15-11-6-4-3-5-10(11)14/h7-8,10-11H,2-6,14H2,1H3,(H,15,16)/t10-,11-/m1/s1. The highest BCUT2D eigenvalue weighted by Crippen LogP contribution is 2.18. The van der Waals surface area contributed by atoms with Crippen LogP contribution in [0.15, 0.2) is 16.7 Å². The molecule has 1 aromatic heterocycles. The largest absolute Gasteiger partial charge is 0.469 e. The Balaban J connectivity index is 2.01. The van der Waals surface area contributed by atoms with Crippen molar-refractivity contribution in [2.75, 3.05) is 0 Å². The molecule has 0 saturated heterocycles. The van der Waals surface area contributed by atoms with Crippen LogP contribution in [0.2, 0.25) is 0 Å². The first kappa shape index (κ1) is 12.2. The summed E-state index contributed by atoms with van der Waals surface area (Å²) in [6.45, 7) is 1.97. The molecule has 1 aliphatic carbocycles. The number of nitrogens with one attached hydrogen (secondary N) is 1. The van der Waals surface area contributed by atoms with Gasteiger partial charge < -0.3 is 15.5 Å². The molecule has 1 amide bonds. The third kappa shape index (κ3) is 2.69. The van der Waals surface area contributed by atoms with E-state index in [1.165, 1.54) is 6.42 Å². The van der Waals surface area contributed by atoms with Crippen molar-refractivity contribution in [3.05, 3.63) is 23.7 Å². The Hall–Kier alpha value is -1.29. The second-order valence-electron chi connectivity index (χ2n) is 4.64. The highest BCUT2D eigenvalue weighted by molar-refractivity contribution is 5.95. The number of furan rings is 1. The first-order chi connectivity index (χ1) is 8.22. The molecule has 0 bridgehead atoms. The lowest BCUT2D eigenvalue weighted by molar-refractivity contribution is 0.0919. The highest BCUT2D eigenvalue weighted by atomic mass is 16.3. The fourth-order valence-corrected chi connectivity index (χ4v) is 2.40. The van der Waals surface area contributed by atoms with Crippen molar-refractivity contribution < 1.29 is 9.21 Å². The summed E-state index contributed by atoms with van der Waals surface area (Å²) in [6, 6.07) is 1.92. The van der Waals surface area contributed by atoms with Crippen LogP contribution in [0.25, 0.3) is 0 Å². The van der Waals surface area contributed by atoms with E-state index in [2.05, 4.69) is 5.32 Å². The molecule has 0 aliphatic heterocycles. The van der Waals surface area contributed by atoms with Crippen LogP contribution in [0, 0.1) is 0 Å². The van der Waals surface area contributed by atoms with Gasteiger partial charge >= 0.3 is 0 Å². The van der Waals surface area contributed by atoms with Crippen LogP contribution in [0.5, 0.6) is 0 Å². The fourth-order valence-electron chi connectivity index (χ4n) is 2.40. The zero-order valence-corrected chi connectivity index (χ0v) is 10.2. The van der Waals surface area contributed by atoms with Crippen molar-refractivity contribution in [1.82, 2.24) is 5.32 Å². The second-order valence-corrected chi connectivity index (χ2v) is 4.64. The molecule has 0 aromatic carbocycles. The summed E-state index contributed by atoms with van der Waals surface area (Å²) >= 11 is 0. The molecule has 2 atom stereocenters. The molecule has 0 unspecified atom stereocenters. The third-order valence-corrected chi connectivity index (χ3v) is 3.45. The molecule has 94 valence electrons. The van der Waals surface area contributed by atoms with Gasteiger partial charge in [0.2, 0.25) is 0 Å². The summed E-state index contributed by atoms with van der Waals surface area (Å²) in [4.78, 5) is 12.1. The van der Waals surface area contributed by atoms with Crippen molar-refractivity contribution in [3.8, 4) is 0 Å².